The third-order valence-electron chi connectivity index (χ3n) is 2.41. The first-order valence-electron chi connectivity index (χ1n) is 5.30. The van der Waals surface area contributed by atoms with Gasteiger partial charge in [0, 0.05) is 20.7 Å². The van der Waals surface area contributed by atoms with Crippen molar-refractivity contribution in [2.45, 2.75) is 18.6 Å². The van der Waals surface area contributed by atoms with Gasteiger partial charge in [-0.25, -0.2) is 0 Å². The third kappa shape index (κ3) is 5.02. The molecule has 0 aliphatic carbocycles. The number of thioether (sulfide) groups is 1. The van der Waals surface area contributed by atoms with Crippen molar-refractivity contribution in [1.82, 2.24) is 5.32 Å². The normalized spacial score (nSPS) is 12.2. The van der Waals surface area contributed by atoms with E-state index < -0.39 is 0 Å². The highest BCUT2D eigenvalue weighted by Gasteiger charge is 2.10. The molecule has 0 aromatic heterocycles. The van der Waals surface area contributed by atoms with Crippen LogP contribution in [-0.2, 0) is 0 Å². The van der Waals surface area contributed by atoms with Gasteiger partial charge in [-0.05, 0) is 46.8 Å². The molecular formula is C12H15Br2NOS. The maximum atomic E-state index is 11.9. The highest BCUT2D eigenvalue weighted by Crippen LogP contribution is 2.21. The summed E-state index contributed by atoms with van der Waals surface area (Å²) in [5.74, 6) is -0.0357. The second-order valence-corrected chi connectivity index (χ2v) is 6.76. The highest BCUT2D eigenvalue weighted by atomic mass is 79.9. The average Bonchev–Trinajstić information content (AvgIpc) is 2.31. The molecule has 0 saturated carbocycles. The van der Waals surface area contributed by atoms with Gasteiger partial charge in [0.1, 0.15) is 0 Å². The van der Waals surface area contributed by atoms with Crippen molar-refractivity contribution in [3.8, 4) is 0 Å². The second-order valence-electron chi connectivity index (χ2n) is 3.72. The molecule has 17 heavy (non-hydrogen) atoms. The van der Waals surface area contributed by atoms with E-state index in [4.69, 9.17) is 0 Å². The standard InChI is InChI=1S/C12H15Br2NOS/c1-8(17-2)5-6-15-12(16)10-7-9(13)3-4-11(10)14/h3-4,7-8H,5-6H2,1-2H3,(H,15,16). The van der Waals surface area contributed by atoms with Crippen LogP contribution in [0, 0.1) is 0 Å². The largest absolute Gasteiger partial charge is 0.352 e. The molecule has 0 heterocycles. The monoisotopic (exact) mass is 379 g/mol. The maximum absolute atomic E-state index is 11.9. The molecule has 0 aliphatic heterocycles. The van der Waals surface area contributed by atoms with Crippen molar-refractivity contribution in [2.24, 2.45) is 0 Å². The van der Waals surface area contributed by atoms with Gasteiger partial charge in [-0.1, -0.05) is 22.9 Å². The van der Waals surface area contributed by atoms with E-state index >= 15 is 0 Å². The van der Waals surface area contributed by atoms with Crippen molar-refractivity contribution in [2.75, 3.05) is 12.8 Å². The van der Waals surface area contributed by atoms with Gasteiger partial charge < -0.3 is 5.32 Å². The van der Waals surface area contributed by atoms with E-state index in [2.05, 4.69) is 50.4 Å². The smallest absolute Gasteiger partial charge is 0.252 e. The van der Waals surface area contributed by atoms with Crippen LogP contribution in [0.1, 0.15) is 23.7 Å². The van der Waals surface area contributed by atoms with Crippen molar-refractivity contribution < 1.29 is 4.79 Å². The van der Waals surface area contributed by atoms with Crippen molar-refractivity contribution >= 4 is 49.5 Å². The minimum absolute atomic E-state index is 0.0357. The van der Waals surface area contributed by atoms with Crippen LogP contribution in [0.5, 0.6) is 0 Å². The minimum Gasteiger partial charge on any atom is -0.352 e. The fraction of sp³-hybridized carbons (Fsp3) is 0.417. The lowest BCUT2D eigenvalue weighted by Gasteiger charge is -2.10. The SMILES string of the molecule is CSC(C)CCNC(=O)c1cc(Br)ccc1Br. The molecule has 0 spiro atoms. The van der Waals surface area contributed by atoms with Gasteiger partial charge in [-0.15, -0.1) is 0 Å². The number of halogens is 2. The predicted molar refractivity (Wildman–Crippen MR) is 81.8 cm³/mol. The lowest BCUT2D eigenvalue weighted by Crippen LogP contribution is -2.26. The Balaban J connectivity index is 2.55. The van der Waals surface area contributed by atoms with E-state index in [1.807, 2.05) is 30.0 Å². The summed E-state index contributed by atoms with van der Waals surface area (Å²) >= 11 is 8.55. The van der Waals surface area contributed by atoms with Gasteiger partial charge in [-0.3, -0.25) is 4.79 Å². The Labute approximate surface area is 123 Å². The Morgan fingerprint density at radius 2 is 2.18 bits per heavy atom. The zero-order chi connectivity index (χ0) is 12.8. The van der Waals surface area contributed by atoms with E-state index in [0.29, 0.717) is 17.4 Å². The molecule has 94 valence electrons. The molecule has 1 amide bonds. The predicted octanol–water partition coefficient (Wildman–Crippen LogP) is 4.08. The lowest BCUT2D eigenvalue weighted by molar-refractivity contribution is 0.0952. The molecule has 1 N–H and O–H groups in total. The van der Waals surface area contributed by atoms with E-state index in [0.717, 1.165) is 15.4 Å². The van der Waals surface area contributed by atoms with Crippen LogP contribution < -0.4 is 5.32 Å². The molecule has 0 radical (unpaired) electrons. The zero-order valence-corrected chi connectivity index (χ0v) is 13.8. The number of amides is 1. The second kappa shape index (κ2) is 7.44. The summed E-state index contributed by atoms with van der Waals surface area (Å²) in [4.78, 5) is 11.9. The van der Waals surface area contributed by atoms with Crippen LogP contribution in [0.15, 0.2) is 27.1 Å². The molecule has 1 aromatic carbocycles. The summed E-state index contributed by atoms with van der Waals surface area (Å²) in [7, 11) is 0. The fourth-order valence-corrected chi connectivity index (χ4v) is 2.41. The molecule has 1 aromatic rings. The molecule has 5 heteroatoms. The van der Waals surface area contributed by atoms with Crippen molar-refractivity contribution in [3.05, 3.63) is 32.7 Å². The lowest BCUT2D eigenvalue weighted by atomic mass is 10.2. The molecule has 0 aliphatic rings. The summed E-state index contributed by atoms with van der Waals surface area (Å²) in [6.45, 7) is 2.87. The van der Waals surface area contributed by atoms with Crippen LogP contribution >= 0.6 is 43.6 Å². The molecule has 0 bridgehead atoms. The Bertz CT molecular complexity index is 398. The minimum atomic E-state index is -0.0357. The van der Waals surface area contributed by atoms with Gasteiger partial charge in [-0.2, -0.15) is 11.8 Å². The summed E-state index contributed by atoms with van der Waals surface area (Å²) < 4.78 is 1.72. The first kappa shape index (κ1) is 15.1. The fourth-order valence-electron chi connectivity index (χ4n) is 1.27. The molecule has 0 saturated heterocycles. The third-order valence-corrected chi connectivity index (χ3v) is 4.64. The zero-order valence-electron chi connectivity index (χ0n) is 9.80. The number of carbonyl (C=O) groups is 1. The number of carbonyl (C=O) groups excluding carboxylic acids is 1. The average molecular weight is 381 g/mol. The van der Waals surface area contributed by atoms with Gasteiger partial charge in [0.05, 0.1) is 5.56 Å². The van der Waals surface area contributed by atoms with E-state index in [1.165, 1.54) is 0 Å². The maximum Gasteiger partial charge on any atom is 0.252 e. The van der Waals surface area contributed by atoms with E-state index in [1.54, 1.807) is 0 Å². The van der Waals surface area contributed by atoms with Crippen LogP contribution in [0.2, 0.25) is 0 Å². The van der Waals surface area contributed by atoms with E-state index in [9.17, 15) is 4.79 Å². The molecule has 1 atom stereocenters. The molecule has 1 unspecified atom stereocenters. The molecular weight excluding hydrogens is 366 g/mol. The topological polar surface area (TPSA) is 29.1 Å². The number of nitrogens with one attached hydrogen (secondary N) is 1. The number of benzene rings is 1. The molecule has 1 rings (SSSR count). The number of hydrogen-bond acceptors (Lipinski definition) is 2. The van der Waals surface area contributed by atoms with Gasteiger partial charge in [0.25, 0.3) is 5.91 Å². The molecule has 2 nitrogen and oxygen atoms in total. The van der Waals surface area contributed by atoms with Crippen LogP contribution in [0.25, 0.3) is 0 Å². The number of hydrogen-bond donors (Lipinski definition) is 1. The number of rotatable bonds is 5. The Morgan fingerprint density at radius 1 is 1.47 bits per heavy atom. The van der Waals surface area contributed by atoms with Gasteiger partial charge in [0.15, 0.2) is 0 Å². The van der Waals surface area contributed by atoms with Crippen LogP contribution in [-0.4, -0.2) is 24.0 Å². The summed E-state index contributed by atoms with van der Waals surface area (Å²) in [5.41, 5.74) is 0.663. The van der Waals surface area contributed by atoms with Crippen LogP contribution in [0.3, 0.4) is 0 Å². The highest BCUT2D eigenvalue weighted by molar-refractivity contribution is 9.11. The Kier molecular flexibility index (Phi) is 6.59. The summed E-state index contributed by atoms with van der Waals surface area (Å²) in [5, 5.41) is 3.50. The first-order chi connectivity index (χ1) is 8.04. The first-order valence-corrected chi connectivity index (χ1v) is 8.18. The Morgan fingerprint density at radius 3 is 2.82 bits per heavy atom. The Hall–Kier alpha value is -0.000000000000000111. The summed E-state index contributed by atoms with van der Waals surface area (Å²) in [6.07, 6.45) is 3.07. The summed E-state index contributed by atoms with van der Waals surface area (Å²) in [6, 6.07) is 5.58. The van der Waals surface area contributed by atoms with Gasteiger partial charge in [0.2, 0.25) is 0 Å². The van der Waals surface area contributed by atoms with Crippen molar-refractivity contribution in [1.29, 1.82) is 0 Å². The quantitative estimate of drug-likeness (QED) is 0.833. The van der Waals surface area contributed by atoms with Crippen molar-refractivity contribution in [3.63, 3.8) is 0 Å². The van der Waals surface area contributed by atoms with Gasteiger partial charge >= 0.3 is 0 Å². The van der Waals surface area contributed by atoms with Crippen LogP contribution in [0.4, 0.5) is 0 Å². The van der Waals surface area contributed by atoms with E-state index in [-0.39, 0.29) is 5.91 Å². The molecule has 0 fully saturated rings.